The second-order valence-corrected chi connectivity index (χ2v) is 8.35. The Morgan fingerprint density at radius 3 is 2.27 bits per heavy atom. The topological polar surface area (TPSA) is 63.2 Å². The molecule has 0 aliphatic heterocycles. The van der Waals surface area contributed by atoms with Crippen molar-refractivity contribution in [2.75, 3.05) is 11.6 Å². The lowest BCUT2D eigenvalue weighted by Gasteiger charge is -2.13. The van der Waals surface area contributed by atoms with E-state index in [0.29, 0.717) is 5.69 Å². The fourth-order valence-electron chi connectivity index (χ4n) is 1.70. The van der Waals surface area contributed by atoms with Crippen molar-refractivity contribution in [3.8, 4) is 0 Å². The molecule has 1 N–H and O–H groups in total. The van der Waals surface area contributed by atoms with E-state index in [0.717, 1.165) is 16.0 Å². The minimum atomic E-state index is -3.41. The van der Waals surface area contributed by atoms with Gasteiger partial charge in [-0.05, 0) is 31.2 Å². The van der Waals surface area contributed by atoms with Crippen molar-refractivity contribution in [2.24, 2.45) is 0 Å². The normalized spacial score (nSPS) is 12.6. The zero-order valence-electron chi connectivity index (χ0n) is 12.3. The standard InChI is InChI=1S/C16H17NO3S2/c1-12(22(2,19)20)16(18)17-14-10-6-7-11-15(14)21-13-8-4-3-5-9-13/h3-12H,1-2H3,(H,17,18). The molecule has 1 atom stereocenters. The van der Waals surface area contributed by atoms with Gasteiger partial charge < -0.3 is 5.32 Å². The molecule has 0 fully saturated rings. The number of nitrogens with one attached hydrogen (secondary N) is 1. The van der Waals surface area contributed by atoms with E-state index in [4.69, 9.17) is 0 Å². The van der Waals surface area contributed by atoms with Crippen LogP contribution in [-0.4, -0.2) is 25.8 Å². The second kappa shape index (κ2) is 6.98. The number of carbonyl (C=O) groups excluding carboxylic acids is 1. The van der Waals surface area contributed by atoms with E-state index in [1.54, 1.807) is 12.1 Å². The smallest absolute Gasteiger partial charge is 0.242 e. The number of para-hydroxylation sites is 1. The minimum absolute atomic E-state index is 0.524. The van der Waals surface area contributed by atoms with Crippen LogP contribution in [0.25, 0.3) is 0 Å². The van der Waals surface area contributed by atoms with E-state index < -0.39 is 21.0 Å². The Labute approximate surface area is 134 Å². The van der Waals surface area contributed by atoms with E-state index in [9.17, 15) is 13.2 Å². The summed E-state index contributed by atoms with van der Waals surface area (Å²) in [6.45, 7) is 1.39. The number of sulfone groups is 1. The molecule has 0 bridgehead atoms. The maximum Gasteiger partial charge on any atom is 0.242 e. The molecule has 0 aliphatic carbocycles. The van der Waals surface area contributed by atoms with Crippen LogP contribution in [0.3, 0.4) is 0 Å². The molecule has 0 heterocycles. The quantitative estimate of drug-likeness (QED) is 0.911. The van der Waals surface area contributed by atoms with Gasteiger partial charge >= 0.3 is 0 Å². The molecule has 0 saturated heterocycles. The highest BCUT2D eigenvalue weighted by Crippen LogP contribution is 2.33. The lowest BCUT2D eigenvalue weighted by Crippen LogP contribution is -2.31. The fourth-order valence-corrected chi connectivity index (χ4v) is 3.07. The molecule has 4 nitrogen and oxygen atoms in total. The fraction of sp³-hybridized carbons (Fsp3) is 0.188. The third kappa shape index (κ3) is 4.35. The Bertz CT molecular complexity index is 758. The van der Waals surface area contributed by atoms with Gasteiger partial charge in [0.05, 0.1) is 5.69 Å². The van der Waals surface area contributed by atoms with Gasteiger partial charge in [-0.2, -0.15) is 0 Å². The Hall–Kier alpha value is -1.79. The predicted molar refractivity (Wildman–Crippen MR) is 89.9 cm³/mol. The van der Waals surface area contributed by atoms with Crippen LogP contribution in [0.1, 0.15) is 6.92 Å². The molecule has 2 rings (SSSR count). The van der Waals surface area contributed by atoms with Crippen molar-refractivity contribution < 1.29 is 13.2 Å². The summed E-state index contributed by atoms with van der Waals surface area (Å²) in [6.07, 6.45) is 1.06. The van der Waals surface area contributed by atoms with Crippen LogP contribution >= 0.6 is 11.8 Å². The van der Waals surface area contributed by atoms with Gasteiger partial charge in [0.1, 0.15) is 5.25 Å². The van der Waals surface area contributed by atoms with Crippen molar-refractivity contribution in [1.29, 1.82) is 0 Å². The summed E-state index contributed by atoms with van der Waals surface area (Å²) in [7, 11) is -3.41. The second-order valence-electron chi connectivity index (χ2n) is 4.87. The molecular formula is C16H17NO3S2. The molecule has 0 spiro atoms. The van der Waals surface area contributed by atoms with Crippen LogP contribution < -0.4 is 5.32 Å². The summed E-state index contributed by atoms with van der Waals surface area (Å²) in [5, 5.41) is 1.62. The Kier molecular flexibility index (Phi) is 5.26. The van der Waals surface area contributed by atoms with Gasteiger partial charge in [0, 0.05) is 16.0 Å². The summed E-state index contributed by atoms with van der Waals surface area (Å²) in [4.78, 5) is 14.0. The van der Waals surface area contributed by atoms with E-state index in [1.165, 1.54) is 18.7 Å². The van der Waals surface area contributed by atoms with Crippen molar-refractivity contribution in [3.05, 3.63) is 54.6 Å². The predicted octanol–water partition coefficient (Wildman–Crippen LogP) is 3.21. The number of amides is 1. The highest BCUT2D eigenvalue weighted by Gasteiger charge is 2.24. The summed E-state index contributed by atoms with van der Waals surface area (Å²) >= 11 is 1.51. The summed E-state index contributed by atoms with van der Waals surface area (Å²) in [6, 6.07) is 17.1. The van der Waals surface area contributed by atoms with E-state index in [1.807, 2.05) is 42.5 Å². The van der Waals surface area contributed by atoms with Gasteiger partial charge in [0.15, 0.2) is 9.84 Å². The van der Waals surface area contributed by atoms with E-state index in [2.05, 4.69) is 5.32 Å². The molecule has 0 saturated carbocycles. The Morgan fingerprint density at radius 1 is 1.05 bits per heavy atom. The van der Waals surface area contributed by atoms with Crippen LogP contribution in [0.15, 0.2) is 64.4 Å². The molecular weight excluding hydrogens is 318 g/mol. The molecule has 22 heavy (non-hydrogen) atoms. The maximum atomic E-state index is 12.1. The maximum absolute atomic E-state index is 12.1. The Balaban J connectivity index is 2.20. The van der Waals surface area contributed by atoms with Gasteiger partial charge in [0.25, 0.3) is 0 Å². The van der Waals surface area contributed by atoms with Crippen LogP contribution in [0.4, 0.5) is 5.69 Å². The average molecular weight is 335 g/mol. The van der Waals surface area contributed by atoms with Crippen molar-refractivity contribution in [3.63, 3.8) is 0 Å². The van der Waals surface area contributed by atoms with Gasteiger partial charge in [-0.15, -0.1) is 0 Å². The largest absolute Gasteiger partial charge is 0.324 e. The third-order valence-electron chi connectivity index (χ3n) is 3.13. The van der Waals surface area contributed by atoms with Crippen LogP contribution in [0, 0.1) is 0 Å². The Morgan fingerprint density at radius 2 is 1.64 bits per heavy atom. The van der Waals surface area contributed by atoms with Crippen molar-refractivity contribution >= 4 is 33.2 Å². The number of benzene rings is 2. The van der Waals surface area contributed by atoms with Crippen molar-refractivity contribution in [1.82, 2.24) is 0 Å². The highest BCUT2D eigenvalue weighted by molar-refractivity contribution is 7.99. The van der Waals surface area contributed by atoms with Gasteiger partial charge in [-0.3, -0.25) is 4.79 Å². The molecule has 116 valence electrons. The van der Waals surface area contributed by atoms with Gasteiger partial charge in [0.2, 0.25) is 5.91 Å². The molecule has 1 unspecified atom stereocenters. The monoisotopic (exact) mass is 335 g/mol. The van der Waals surface area contributed by atoms with Crippen LogP contribution in [-0.2, 0) is 14.6 Å². The number of anilines is 1. The number of carbonyl (C=O) groups is 1. The first-order valence-corrected chi connectivity index (χ1v) is 9.46. The highest BCUT2D eigenvalue weighted by atomic mass is 32.2. The van der Waals surface area contributed by atoms with Crippen LogP contribution in [0.5, 0.6) is 0 Å². The average Bonchev–Trinajstić information content (AvgIpc) is 2.48. The summed E-state index contributed by atoms with van der Waals surface area (Å²) in [5.41, 5.74) is 0.608. The number of rotatable bonds is 5. The lowest BCUT2D eigenvalue weighted by atomic mass is 10.3. The first-order valence-electron chi connectivity index (χ1n) is 6.69. The number of hydrogen-bond donors (Lipinski definition) is 1. The molecule has 2 aromatic rings. The van der Waals surface area contributed by atoms with Gasteiger partial charge in [-0.25, -0.2) is 8.42 Å². The molecule has 0 aliphatic rings. The lowest BCUT2D eigenvalue weighted by molar-refractivity contribution is -0.115. The third-order valence-corrected chi connectivity index (χ3v) is 5.71. The number of hydrogen-bond acceptors (Lipinski definition) is 4. The molecule has 2 aromatic carbocycles. The SMILES string of the molecule is CC(C(=O)Nc1ccccc1Sc1ccccc1)S(C)(=O)=O. The summed E-state index contributed by atoms with van der Waals surface area (Å²) < 4.78 is 22.9. The minimum Gasteiger partial charge on any atom is -0.324 e. The first-order chi connectivity index (χ1) is 10.4. The van der Waals surface area contributed by atoms with Gasteiger partial charge in [-0.1, -0.05) is 42.1 Å². The van der Waals surface area contributed by atoms with E-state index >= 15 is 0 Å². The van der Waals surface area contributed by atoms with Crippen molar-refractivity contribution in [2.45, 2.75) is 22.0 Å². The van der Waals surface area contributed by atoms with Crippen LogP contribution in [0.2, 0.25) is 0 Å². The first kappa shape index (κ1) is 16.6. The zero-order valence-corrected chi connectivity index (χ0v) is 13.9. The molecule has 0 radical (unpaired) electrons. The molecule has 1 amide bonds. The summed E-state index contributed by atoms with van der Waals surface area (Å²) in [5.74, 6) is -0.524. The zero-order chi connectivity index (χ0) is 16.2. The molecule has 0 aromatic heterocycles. The van der Waals surface area contributed by atoms with E-state index in [-0.39, 0.29) is 0 Å². The molecule has 6 heteroatoms.